The molecule has 4 rings (SSSR count). The van der Waals surface area contributed by atoms with Crippen LogP contribution in [0.2, 0.25) is 0 Å². The predicted molar refractivity (Wildman–Crippen MR) is 110 cm³/mol. The van der Waals surface area contributed by atoms with Crippen molar-refractivity contribution in [2.75, 3.05) is 20.3 Å². The van der Waals surface area contributed by atoms with Crippen molar-refractivity contribution in [2.24, 2.45) is 0 Å². The van der Waals surface area contributed by atoms with Gasteiger partial charge in [-0.15, -0.1) is 13.2 Å². The number of carbonyl (C=O) groups excluding carboxylic acids is 1. The van der Waals surface area contributed by atoms with Crippen LogP contribution in [-0.4, -0.2) is 42.2 Å². The average Bonchev–Trinajstić information content (AvgIpc) is 3.11. The highest BCUT2D eigenvalue weighted by Crippen LogP contribution is 2.41. The number of hydrogen-bond acceptors (Lipinski definition) is 5. The summed E-state index contributed by atoms with van der Waals surface area (Å²) in [6.07, 6.45) is 0.0512. The molecule has 0 atom stereocenters. The number of ether oxygens (including phenoxy) is 3. The van der Waals surface area contributed by atoms with Gasteiger partial charge in [0.15, 0.2) is 0 Å². The van der Waals surface area contributed by atoms with Gasteiger partial charge in [0.2, 0.25) is 0 Å². The lowest BCUT2D eigenvalue weighted by atomic mass is 10.0. The summed E-state index contributed by atoms with van der Waals surface area (Å²) >= 11 is 3.39. The van der Waals surface area contributed by atoms with Gasteiger partial charge in [0.1, 0.15) is 11.4 Å². The van der Waals surface area contributed by atoms with E-state index in [1.165, 1.54) is 12.1 Å². The Bertz CT molecular complexity index is 1120. The Kier molecular flexibility index (Phi) is 5.94. The van der Waals surface area contributed by atoms with Crippen molar-refractivity contribution in [3.63, 3.8) is 0 Å². The summed E-state index contributed by atoms with van der Waals surface area (Å²) in [7, 11) is 1.16. The van der Waals surface area contributed by atoms with E-state index in [-0.39, 0.29) is 17.2 Å². The lowest BCUT2D eigenvalue weighted by molar-refractivity contribution is -0.274. The van der Waals surface area contributed by atoms with E-state index in [1.54, 1.807) is 18.5 Å². The number of esters is 1. The molecule has 1 saturated heterocycles. The Morgan fingerprint density at radius 1 is 1.23 bits per heavy atom. The van der Waals surface area contributed by atoms with Crippen LogP contribution in [0.1, 0.15) is 29.2 Å². The standard InChI is InChI=1S/C21H18BrF3N2O4/c1-29-20(28)12-2-3-15(18(8-12)31-21(23,24)25)17-11-27(14-4-6-30-7-5-14)19-16(17)9-13(22)10-26-19/h2-3,8-11,14H,4-7H2,1H3. The third-order valence-electron chi connectivity index (χ3n) is 5.14. The molecule has 1 fully saturated rings. The van der Waals surface area contributed by atoms with Crippen molar-refractivity contribution in [2.45, 2.75) is 25.2 Å². The molecule has 1 aromatic carbocycles. The van der Waals surface area contributed by atoms with Gasteiger partial charge in [-0.05, 0) is 53.0 Å². The third-order valence-corrected chi connectivity index (χ3v) is 5.57. The summed E-state index contributed by atoms with van der Waals surface area (Å²) in [5.74, 6) is -1.24. The largest absolute Gasteiger partial charge is 0.573 e. The van der Waals surface area contributed by atoms with E-state index < -0.39 is 18.1 Å². The first-order chi connectivity index (χ1) is 14.8. The zero-order valence-corrected chi connectivity index (χ0v) is 18.0. The molecule has 1 aliphatic heterocycles. The Hall–Kier alpha value is -2.59. The van der Waals surface area contributed by atoms with Crippen molar-refractivity contribution in [3.05, 3.63) is 46.7 Å². The smallest absolute Gasteiger partial charge is 0.465 e. The van der Waals surface area contributed by atoms with E-state index >= 15 is 0 Å². The maximum Gasteiger partial charge on any atom is 0.573 e. The first-order valence-corrected chi connectivity index (χ1v) is 10.3. The molecule has 6 nitrogen and oxygen atoms in total. The van der Waals surface area contributed by atoms with E-state index in [1.807, 2.05) is 4.57 Å². The van der Waals surface area contributed by atoms with E-state index in [0.29, 0.717) is 34.3 Å². The number of alkyl halides is 3. The van der Waals surface area contributed by atoms with Crippen LogP contribution in [0.4, 0.5) is 13.2 Å². The quantitative estimate of drug-likeness (QED) is 0.444. The molecule has 0 aliphatic carbocycles. The maximum absolute atomic E-state index is 13.1. The normalized spacial score (nSPS) is 15.3. The number of methoxy groups -OCH3 is 1. The molecule has 164 valence electrons. The Balaban J connectivity index is 1.91. The SMILES string of the molecule is COC(=O)c1ccc(-c2cn(C3CCOCC3)c3ncc(Br)cc23)c(OC(F)(F)F)c1. The fourth-order valence-electron chi connectivity index (χ4n) is 3.76. The second kappa shape index (κ2) is 8.51. The van der Waals surface area contributed by atoms with Gasteiger partial charge in [0, 0.05) is 52.6 Å². The monoisotopic (exact) mass is 498 g/mol. The molecule has 0 amide bonds. The fraction of sp³-hybridized carbons (Fsp3) is 0.333. The topological polar surface area (TPSA) is 62.6 Å². The van der Waals surface area contributed by atoms with Crippen LogP contribution in [0.15, 0.2) is 41.1 Å². The number of pyridine rings is 1. The van der Waals surface area contributed by atoms with E-state index in [2.05, 4.69) is 30.4 Å². The second-order valence-electron chi connectivity index (χ2n) is 7.07. The molecule has 0 unspecified atom stereocenters. The van der Waals surface area contributed by atoms with Gasteiger partial charge in [-0.2, -0.15) is 0 Å². The number of rotatable bonds is 4. The molecule has 0 bridgehead atoms. The van der Waals surface area contributed by atoms with Gasteiger partial charge in [-0.25, -0.2) is 9.78 Å². The van der Waals surface area contributed by atoms with Gasteiger partial charge < -0.3 is 18.8 Å². The summed E-state index contributed by atoms with van der Waals surface area (Å²) in [6, 6.07) is 5.79. The Morgan fingerprint density at radius 3 is 2.65 bits per heavy atom. The van der Waals surface area contributed by atoms with Gasteiger partial charge in [0.05, 0.1) is 12.7 Å². The second-order valence-corrected chi connectivity index (χ2v) is 7.98. The molecule has 0 spiro atoms. The Morgan fingerprint density at radius 2 is 1.97 bits per heavy atom. The molecular weight excluding hydrogens is 481 g/mol. The summed E-state index contributed by atoms with van der Waals surface area (Å²) in [6.45, 7) is 1.21. The van der Waals surface area contributed by atoms with Gasteiger partial charge in [-0.1, -0.05) is 0 Å². The van der Waals surface area contributed by atoms with Crippen molar-refractivity contribution >= 4 is 32.9 Å². The molecule has 0 N–H and O–H groups in total. The molecule has 3 aromatic rings. The van der Waals surface area contributed by atoms with Gasteiger partial charge in [0.25, 0.3) is 0 Å². The lowest BCUT2D eigenvalue weighted by Crippen LogP contribution is -2.19. The highest BCUT2D eigenvalue weighted by molar-refractivity contribution is 9.10. The maximum atomic E-state index is 13.1. The minimum atomic E-state index is -4.93. The predicted octanol–water partition coefficient (Wildman–Crippen LogP) is 5.50. The highest BCUT2D eigenvalue weighted by Gasteiger charge is 2.33. The van der Waals surface area contributed by atoms with Crippen molar-refractivity contribution in [1.82, 2.24) is 9.55 Å². The molecule has 3 heterocycles. The lowest BCUT2D eigenvalue weighted by Gasteiger charge is -2.24. The highest BCUT2D eigenvalue weighted by atomic mass is 79.9. The Labute approximate surface area is 184 Å². The van der Waals surface area contributed by atoms with Crippen LogP contribution >= 0.6 is 15.9 Å². The summed E-state index contributed by atoms with van der Waals surface area (Å²) < 4.78 is 56.5. The summed E-state index contributed by atoms with van der Waals surface area (Å²) in [4.78, 5) is 16.4. The van der Waals surface area contributed by atoms with Crippen LogP contribution in [-0.2, 0) is 9.47 Å². The van der Waals surface area contributed by atoms with E-state index in [4.69, 9.17) is 4.74 Å². The van der Waals surface area contributed by atoms with Crippen molar-refractivity contribution in [3.8, 4) is 16.9 Å². The number of hydrogen-bond donors (Lipinski definition) is 0. The number of benzene rings is 1. The molecule has 0 saturated carbocycles. The van der Waals surface area contributed by atoms with E-state index in [9.17, 15) is 18.0 Å². The van der Waals surface area contributed by atoms with Crippen LogP contribution in [0.5, 0.6) is 5.75 Å². The van der Waals surface area contributed by atoms with Gasteiger partial charge in [-0.3, -0.25) is 0 Å². The number of halogens is 4. The number of fused-ring (bicyclic) bond motifs is 1. The zero-order valence-electron chi connectivity index (χ0n) is 16.4. The molecule has 0 radical (unpaired) electrons. The third kappa shape index (κ3) is 4.54. The van der Waals surface area contributed by atoms with E-state index in [0.717, 1.165) is 26.0 Å². The first kappa shape index (κ1) is 21.6. The summed E-state index contributed by atoms with van der Waals surface area (Å²) in [5.41, 5.74) is 1.32. The minimum Gasteiger partial charge on any atom is -0.465 e. The van der Waals surface area contributed by atoms with Crippen molar-refractivity contribution in [1.29, 1.82) is 0 Å². The molecular formula is C21H18BrF3N2O4. The van der Waals surface area contributed by atoms with Crippen LogP contribution in [0.25, 0.3) is 22.2 Å². The minimum absolute atomic E-state index is 0.0435. The zero-order chi connectivity index (χ0) is 22.2. The van der Waals surface area contributed by atoms with Crippen LogP contribution in [0.3, 0.4) is 0 Å². The molecule has 10 heteroatoms. The fourth-order valence-corrected chi connectivity index (χ4v) is 4.09. The van der Waals surface area contributed by atoms with Crippen LogP contribution in [0, 0.1) is 0 Å². The first-order valence-electron chi connectivity index (χ1n) is 9.49. The van der Waals surface area contributed by atoms with Gasteiger partial charge >= 0.3 is 12.3 Å². The number of carbonyl (C=O) groups is 1. The molecule has 2 aromatic heterocycles. The molecule has 1 aliphatic rings. The molecule has 31 heavy (non-hydrogen) atoms. The average molecular weight is 499 g/mol. The number of aromatic nitrogens is 2. The van der Waals surface area contributed by atoms with Crippen molar-refractivity contribution < 1.29 is 32.2 Å². The van der Waals surface area contributed by atoms with Crippen LogP contribution < -0.4 is 4.74 Å². The summed E-state index contributed by atoms with van der Waals surface area (Å²) in [5, 5.41) is 0.665. The number of nitrogens with zero attached hydrogens (tertiary/aromatic N) is 2.